The van der Waals surface area contributed by atoms with Crippen molar-refractivity contribution in [3.63, 3.8) is 0 Å². The highest BCUT2D eigenvalue weighted by Gasteiger charge is 2.24. The summed E-state index contributed by atoms with van der Waals surface area (Å²) in [5.74, 6) is 1.97. The molecule has 4 heteroatoms. The fourth-order valence-corrected chi connectivity index (χ4v) is 5.89. The van der Waals surface area contributed by atoms with Gasteiger partial charge in [-0.15, -0.1) is 11.8 Å². The average molecular weight is 457 g/mol. The topological polar surface area (TPSA) is 17.4 Å². The predicted octanol–water partition coefficient (Wildman–Crippen LogP) is 6.99. The maximum absolute atomic E-state index is 6.00. The average Bonchev–Trinajstić information content (AvgIpc) is 3.16. The molecule has 1 aliphatic rings. The number of benzene rings is 3. The number of hydrogen-bond donors (Lipinski definition) is 0. The molecular formula is C29H32N2OS. The Kier molecular flexibility index (Phi) is 6.48. The molecule has 0 bridgehead atoms. The first-order valence-electron chi connectivity index (χ1n) is 12.0. The first-order valence-corrected chi connectivity index (χ1v) is 12.9. The van der Waals surface area contributed by atoms with Gasteiger partial charge in [0, 0.05) is 40.2 Å². The largest absolute Gasteiger partial charge is 0.492 e. The molecule has 0 saturated carbocycles. The summed E-state index contributed by atoms with van der Waals surface area (Å²) in [5, 5.41) is 1.39. The molecule has 0 spiro atoms. The monoisotopic (exact) mass is 456 g/mol. The third-order valence-electron chi connectivity index (χ3n) is 6.67. The summed E-state index contributed by atoms with van der Waals surface area (Å²) in [7, 11) is 0. The van der Waals surface area contributed by atoms with Gasteiger partial charge in [0.1, 0.15) is 12.4 Å². The smallest absolute Gasteiger partial charge is 0.119 e. The van der Waals surface area contributed by atoms with E-state index < -0.39 is 0 Å². The van der Waals surface area contributed by atoms with Crippen LogP contribution in [0.4, 0.5) is 0 Å². The van der Waals surface area contributed by atoms with Crippen LogP contribution < -0.4 is 4.74 Å². The summed E-state index contributed by atoms with van der Waals surface area (Å²) in [5.41, 5.74) is 8.13. The highest BCUT2D eigenvalue weighted by molar-refractivity contribution is 7.98. The van der Waals surface area contributed by atoms with Crippen molar-refractivity contribution in [3.05, 3.63) is 83.4 Å². The number of ether oxygens (including phenoxy) is 1. The van der Waals surface area contributed by atoms with Crippen LogP contribution in [0.2, 0.25) is 0 Å². The molecule has 0 atom stereocenters. The Morgan fingerprint density at radius 1 is 0.970 bits per heavy atom. The van der Waals surface area contributed by atoms with Gasteiger partial charge < -0.3 is 14.2 Å². The van der Waals surface area contributed by atoms with Crippen LogP contribution in [0.15, 0.2) is 71.6 Å². The highest BCUT2D eigenvalue weighted by atomic mass is 32.2. The zero-order valence-electron chi connectivity index (χ0n) is 19.8. The molecule has 0 radical (unpaired) electrons. The summed E-state index contributed by atoms with van der Waals surface area (Å²) in [6.45, 7) is 11.3. The predicted molar refractivity (Wildman–Crippen MR) is 140 cm³/mol. The van der Waals surface area contributed by atoms with E-state index in [9.17, 15) is 0 Å². The molecule has 0 aliphatic carbocycles. The van der Waals surface area contributed by atoms with Gasteiger partial charge in [-0.05, 0) is 61.5 Å². The molecular weight excluding hydrogens is 424 g/mol. The molecule has 1 aromatic heterocycles. The van der Waals surface area contributed by atoms with Crippen molar-refractivity contribution in [2.24, 2.45) is 0 Å². The van der Waals surface area contributed by atoms with Crippen LogP contribution in [0.3, 0.4) is 0 Å². The number of likely N-dealkylation sites (N-methyl/N-ethyl adjacent to an activating group) is 1. The Morgan fingerprint density at radius 2 is 1.76 bits per heavy atom. The van der Waals surface area contributed by atoms with Crippen molar-refractivity contribution >= 4 is 22.7 Å². The number of nitrogens with zero attached hydrogens (tertiary/aromatic N) is 2. The Labute approximate surface area is 201 Å². The lowest BCUT2D eigenvalue weighted by Gasteiger charge is -2.20. The van der Waals surface area contributed by atoms with E-state index in [1.165, 1.54) is 43.7 Å². The Hall–Kier alpha value is -2.69. The molecule has 0 amide bonds. The van der Waals surface area contributed by atoms with E-state index in [1.54, 1.807) is 0 Å². The van der Waals surface area contributed by atoms with E-state index in [4.69, 9.17) is 4.74 Å². The molecule has 3 nitrogen and oxygen atoms in total. The van der Waals surface area contributed by atoms with E-state index in [1.807, 2.05) is 11.8 Å². The first-order chi connectivity index (χ1) is 16.2. The van der Waals surface area contributed by atoms with Crippen molar-refractivity contribution in [3.8, 4) is 17.0 Å². The van der Waals surface area contributed by atoms with Gasteiger partial charge in [-0.2, -0.15) is 0 Å². The molecule has 170 valence electrons. The molecule has 0 fully saturated rings. The van der Waals surface area contributed by atoms with Gasteiger partial charge in [0.15, 0.2) is 0 Å². The van der Waals surface area contributed by atoms with Crippen LogP contribution in [0, 0.1) is 6.92 Å². The lowest BCUT2D eigenvalue weighted by atomic mass is 10.0. The number of hydrogen-bond acceptors (Lipinski definition) is 3. The minimum Gasteiger partial charge on any atom is -0.492 e. The summed E-state index contributed by atoms with van der Waals surface area (Å²) >= 11 is 1.95. The molecule has 3 aromatic carbocycles. The molecule has 0 unspecified atom stereocenters. The Bertz CT molecular complexity index is 1250. The van der Waals surface area contributed by atoms with Gasteiger partial charge in [-0.25, -0.2) is 0 Å². The van der Waals surface area contributed by atoms with Crippen LogP contribution >= 0.6 is 11.8 Å². The minimum absolute atomic E-state index is 0.727. The second-order valence-electron chi connectivity index (χ2n) is 8.74. The maximum Gasteiger partial charge on any atom is 0.119 e. The van der Waals surface area contributed by atoms with Crippen molar-refractivity contribution in [1.29, 1.82) is 0 Å². The lowest BCUT2D eigenvalue weighted by Crippen LogP contribution is -2.27. The van der Waals surface area contributed by atoms with Gasteiger partial charge in [0.25, 0.3) is 0 Å². The standard InChI is InChI=1S/C29H32N2OS/c1-4-30(5-2)16-17-32-23-13-11-22(12-14-23)19-31-27-15-10-21(3)18-25(27)26-20-33-28-9-7-6-8-24(28)29(26)31/h6-15,18H,4-5,16-17,19-20H2,1-3H3. The number of fused-ring (bicyclic) bond motifs is 5. The lowest BCUT2D eigenvalue weighted by molar-refractivity contribution is 0.223. The maximum atomic E-state index is 6.00. The summed E-state index contributed by atoms with van der Waals surface area (Å²) in [4.78, 5) is 3.76. The fourth-order valence-electron chi connectivity index (χ4n) is 4.80. The molecule has 2 heterocycles. The fraction of sp³-hybridized carbons (Fsp3) is 0.310. The van der Waals surface area contributed by atoms with Crippen LogP contribution in [0.25, 0.3) is 22.2 Å². The first kappa shape index (κ1) is 22.1. The van der Waals surface area contributed by atoms with Crippen LogP contribution in [0.5, 0.6) is 5.75 Å². The second-order valence-corrected chi connectivity index (χ2v) is 9.76. The normalized spacial score (nSPS) is 12.7. The molecule has 5 rings (SSSR count). The van der Waals surface area contributed by atoms with Crippen LogP contribution in [-0.2, 0) is 12.3 Å². The summed E-state index contributed by atoms with van der Waals surface area (Å²) in [6, 6.07) is 24.4. The highest BCUT2D eigenvalue weighted by Crippen LogP contribution is 2.46. The zero-order chi connectivity index (χ0) is 22.8. The van der Waals surface area contributed by atoms with Crippen molar-refractivity contribution in [1.82, 2.24) is 9.47 Å². The zero-order valence-corrected chi connectivity index (χ0v) is 20.6. The Morgan fingerprint density at radius 3 is 2.55 bits per heavy atom. The van der Waals surface area contributed by atoms with E-state index in [0.29, 0.717) is 0 Å². The van der Waals surface area contributed by atoms with Gasteiger partial charge in [-0.3, -0.25) is 0 Å². The molecule has 33 heavy (non-hydrogen) atoms. The minimum atomic E-state index is 0.727. The second kappa shape index (κ2) is 9.66. The van der Waals surface area contributed by atoms with Crippen molar-refractivity contribution in [2.75, 3.05) is 26.2 Å². The quantitative estimate of drug-likeness (QED) is 0.284. The SMILES string of the molecule is CCN(CC)CCOc1ccc(Cn2c3c(c4cc(C)ccc42)CSc2ccccc2-3)cc1. The van der Waals surface area contributed by atoms with Gasteiger partial charge in [0.2, 0.25) is 0 Å². The number of aryl methyl sites for hydroxylation is 1. The summed E-state index contributed by atoms with van der Waals surface area (Å²) < 4.78 is 8.51. The molecule has 1 aliphatic heterocycles. The van der Waals surface area contributed by atoms with E-state index in [2.05, 4.69) is 97.0 Å². The third kappa shape index (κ3) is 4.42. The van der Waals surface area contributed by atoms with Crippen LogP contribution in [0.1, 0.15) is 30.5 Å². The van der Waals surface area contributed by atoms with E-state index >= 15 is 0 Å². The Balaban J connectivity index is 1.44. The summed E-state index contributed by atoms with van der Waals surface area (Å²) in [6.07, 6.45) is 0. The van der Waals surface area contributed by atoms with E-state index in [-0.39, 0.29) is 0 Å². The number of aromatic nitrogens is 1. The van der Waals surface area contributed by atoms with Gasteiger partial charge in [-0.1, -0.05) is 55.8 Å². The third-order valence-corrected chi connectivity index (χ3v) is 7.77. The van der Waals surface area contributed by atoms with Gasteiger partial charge in [0.05, 0.1) is 5.69 Å². The number of thioether (sulfide) groups is 1. The van der Waals surface area contributed by atoms with Crippen molar-refractivity contribution < 1.29 is 4.74 Å². The van der Waals surface area contributed by atoms with Gasteiger partial charge >= 0.3 is 0 Å². The molecule has 0 saturated heterocycles. The molecule has 0 N–H and O–H groups in total. The molecule has 4 aromatic rings. The van der Waals surface area contributed by atoms with Crippen molar-refractivity contribution in [2.45, 2.75) is 38.0 Å². The van der Waals surface area contributed by atoms with E-state index in [0.717, 1.165) is 44.3 Å². The number of rotatable bonds is 8. The van der Waals surface area contributed by atoms with Crippen LogP contribution in [-0.4, -0.2) is 35.7 Å².